The summed E-state index contributed by atoms with van der Waals surface area (Å²) < 4.78 is 5.55. The third kappa shape index (κ3) is 3.61. The Balaban J connectivity index is 2.83. The predicted octanol–water partition coefficient (Wildman–Crippen LogP) is 2.20. The van der Waals surface area contributed by atoms with Crippen LogP contribution in [0.25, 0.3) is 0 Å². The van der Waals surface area contributed by atoms with Gasteiger partial charge in [-0.2, -0.15) is 0 Å². The van der Waals surface area contributed by atoms with Crippen LogP contribution >= 0.6 is 23.5 Å². The molecule has 0 bridgehead atoms. The van der Waals surface area contributed by atoms with Gasteiger partial charge in [-0.25, -0.2) is 9.97 Å². The van der Waals surface area contributed by atoms with Crippen LogP contribution in [0.4, 0.5) is 0 Å². The quantitative estimate of drug-likeness (QED) is 0.809. The molecule has 6 heteroatoms. The lowest BCUT2D eigenvalue weighted by atomic mass is 10.2. The molecule has 1 aromatic rings. The molecule has 0 aliphatic rings. The normalized spacial score (nSPS) is 14.9. The highest BCUT2D eigenvalue weighted by molar-refractivity contribution is 7.97. The minimum atomic E-state index is -0.192. The van der Waals surface area contributed by atoms with Crippen LogP contribution in [0.3, 0.4) is 0 Å². The number of nitrogens with zero attached hydrogens (tertiary/aromatic N) is 2. The lowest BCUT2D eigenvalue weighted by molar-refractivity contribution is 0.0575. The zero-order valence-electron chi connectivity index (χ0n) is 8.68. The van der Waals surface area contributed by atoms with Crippen molar-refractivity contribution >= 4 is 23.5 Å². The second-order valence-corrected chi connectivity index (χ2v) is 4.43. The molecular formula is C9H14ClN3OS. The van der Waals surface area contributed by atoms with E-state index in [0.717, 1.165) is 0 Å². The smallest absolute Gasteiger partial charge is 0.158 e. The molecule has 84 valence electrons. The Morgan fingerprint density at radius 2 is 2.13 bits per heavy atom. The van der Waals surface area contributed by atoms with Gasteiger partial charge in [-0.05, 0) is 13.8 Å². The number of halogens is 1. The van der Waals surface area contributed by atoms with Gasteiger partial charge in [0.25, 0.3) is 0 Å². The zero-order valence-corrected chi connectivity index (χ0v) is 10.3. The Labute approximate surface area is 98.7 Å². The average Bonchev–Trinajstić information content (AvgIpc) is 2.26. The van der Waals surface area contributed by atoms with E-state index in [1.54, 1.807) is 12.4 Å². The Kier molecular flexibility index (Phi) is 5.31. The summed E-state index contributed by atoms with van der Waals surface area (Å²) in [5.74, 6) is 0.617. The Bertz CT molecular complexity index is 296. The van der Waals surface area contributed by atoms with E-state index >= 15 is 0 Å². The summed E-state index contributed by atoms with van der Waals surface area (Å²) in [5, 5.41) is 6.14. The average molecular weight is 248 g/mol. The number of hydrogen-bond acceptors (Lipinski definition) is 5. The highest BCUT2D eigenvalue weighted by atomic mass is 35.5. The van der Waals surface area contributed by atoms with Crippen molar-refractivity contribution in [3.8, 4) is 0 Å². The molecule has 0 radical (unpaired) electrons. The van der Waals surface area contributed by atoms with Crippen molar-refractivity contribution in [2.75, 3.05) is 6.61 Å². The van der Waals surface area contributed by atoms with E-state index in [1.807, 2.05) is 13.8 Å². The lowest BCUT2D eigenvalue weighted by Crippen LogP contribution is -2.19. The molecule has 0 aliphatic carbocycles. The zero-order chi connectivity index (χ0) is 11.3. The molecule has 0 spiro atoms. The van der Waals surface area contributed by atoms with Crippen molar-refractivity contribution in [1.82, 2.24) is 9.97 Å². The summed E-state index contributed by atoms with van der Waals surface area (Å²) >= 11 is 6.95. The van der Waals surface area contributed by atoms with Crippen molar-refractivity contribution in [2.24, 2.45) is 5.14 Å². The largest absolute Gasteiger partial charge is 0.369 e. The molecule has 15 heavy (non-hydrogen) atoms. The van der Waals surface area contributed by atoms with E-state index in [9.17, 15) is 0 Å². The molecule has 0 amide bonds. The minimum Gasteiger partial charge on any atom is -0.369 e. The molecule has 2 unspecified atom stereocenters. The fraction of sp³-hybridized carbons (Fsp3) is 0.556. The summed E-state index contributed by atoms with van der Waals surface area (Å²) in [6.45, 7) is 4.50. The number of hydrogen-bond donors (Lipinski definition) is 1. The van der Waals surface area contributed by atoms with E-state index in [4.69, 9.17) is 21.5 Å². The summed E-state index contributed by atoms with van der Waals surface area (Å²) in [5.41, 5.74) is 0. The number of nitrogens with two attached hydrogens (primary N) is 1. The van der Waals surface area contributed by atoms with Crippen molar-refractivity contribution in [2.45, 2.75) is 25.2 Å². The molecule has 1 aromatic heterocycles. The van der Waals surface area contributed by atoms with Crippen LogP contribution in [0.15, 0.2) is 12.4 Å². The Morgan fingerprint density at radius 1 is 1.53 bits per heavy atom. The fourth-order valence-corrected chi connectivity index (χ4v) is 1.58. The molecular weight excluding hydrogens is 234 g/mol. The lowest BCUT2D eigenvalue weighted by Gasteiger charge is -2.20. The van der Waals surface area contributed by atoms with E-state index in [0.29, 0.717) is 17.5 Å². The van der Waals surface area contributed by atoms with E-state index in [1.165, 1.54) is 11.9 Å². The molecule has 1 rings (SSSR count). The van der Waals surface area contributed by atoms with Crippen LogP contribution in [-0.2, 0) is 4.74 Å². The third-order valence-electron chi connectivity index (χ3n) is 1.88. The first-order valence-corrected chi connectivity index (χ1v) is 5.95. The second kappa shape index (κ2) is 6.27. The number of aromatic nitrogens is 2. The Hall–Kier alpha value is -0.360. The minimum absolute atomic E-state index is 0.103. The number of ether oxygens (including phenoxy) is 1. The molecule has 2 atom stereocenters. The van der Waals surface area contributed by atoms with Gasteiger partial charge in [0, 0.05) is 24.3 Å². The van der Waals surface area contributed by atoms with Crippen molar-refractivity contribution < 1.29 is 4.74 Å². The maximum Gasteiger partial charge on any atom is 0.158 e. The van der Waals surface area contributed by atoms with E-state index < -0.39 is 0 Å². The van der Waals surface area contributed by atoms with Crippen LogP contribution in [0.1, 0.15) is 25.8 Å². The first-order chi connectivity index (χ1) is 7.19. The third-order valence-corrected chi connectivity index (χ3v) is 2.75. The molecule has 0 aromatic carbocycles. The van der Waals surface area contributed by atoms with Gasteiger partial charge >= 0.3 is 0 Å². The van der Waals surface area contributed by atoms with Gasteiger partial charge in [0.15, 0.2) is 5.82 Å². The molecule has 0 saturated heterocycles. The summed E-state index contributed by atoms with van der Waals surface area (Å²) in [7, 11) is 0. The first kappa shape index (κ1) is 12.7. The summed E-state index contributed by atoms with van der Waals surface area (Å²) in [6.07, 6.45) is 2.93. The van der Waals surface area contributed by atoms with E-state index in [-0.39, 0.29) is 11.4 Å². The molecule has 0 aliphatic heterocycles. The van der Waals surface area contributed by atoms with Gasteiger partial charge < -0.3 is 4.74 Å². The maximum absolute atomic E-state index is 5.71. The Morgan fingerprint density at radius 3 is 2.60 bits per heavy atom. The van der Waals surface area contributed by atoms with Crippen molar-refractivity contribution in [3.63, 3.8) is 0 Å². The highest BCUT2D eigenvalue weighted by Crippen LogP contribution is 2.24. The maximum atomic E-state index is 5.71. The van der Waals surface area contributed by atoms with Crippen LogP contribution in [-0.4, -0.2) is 21.8 Å². The van der Waals surface area contributed by atoms with Crippen LogP contribution in [0.5, 0.6) is 0 Å². The number of rotatable bonds is 5. The van der Waals surface area contributed by atoms with Gasteiger partial charge in [-0.3, -0.25) is 5.14 Å². The summed E-state index contributed by atoms with van der Waals surface area (Å²) in [6, 6.07) is 0. The van der Waals surface area contributed by atoms with Crippen molar-refractivity contribution in [1.29, 1.82) is 0 Å². The van der Waals surface area contributed by atoms with Gasteiger partial charge in [0.05, 0.1) is 5.02 Å². The van der Waals surface area contributed by atoms with Gasteiger partial charge in [0.2, 0.25) is 0 Å². The molecule has 0 saturated carbocycles. The van der Waals surface area contributed by atoms with Gasteiger partial charge in [-0.1, -0.05) is 23.5 Å². The SMILES string of the molecule is CCOC(c1ncc(Cl)cn1)C(C)SN. The second-order valence-electron chi connectivity index (χ2n) is 2.98. The molecule has 2 N–H and O–H groups in total. The molecule has 0 fully saturated rings. The molecule has 1 heterocycles. The van der Waals surface area contributed by atoms with Crippen molar-refractivity contribution in [3.05, 3.63) is 23.2 Å². The van der Waals surface area contributed by atoms with E-state index in [2.05, 4.69) is 9.97 Å². The highest BCUT2D eigenvalue weighted by Gasteiger charge is 2.21. The predicted molar refractivity (Wildman–Crippen MR) is 62.6 cm³/mol. The van der Waals surface area contributed by atoms with Gasteiger partial charge in [-0.15, -0.1) is 0 Å². The van der Waals surface area contributed by atoms with Crippen LogP contribution in [0, 0.1) is 0 Å². The topological polar surface area (TPSA) is 61.0 Å². The summed E-state index contributed by atoms with van der Waals surface area (Å²) in [4.78, 5) is 8.26. The first-order valence-electron chi connectivity index (χ1n) is 4.63. The monoisotopic (exact) mass is 247 g/mol. The standard InChI is InChI=1S/C9H14ClN3OS/c1-3-14-8(6(2)15-11)9-12-4-7(10)5-13-9/h4-6,8H,3,11H2,1-2H3. The fourth-order valence-electron chi connectivity index (χ4n) is 1.14. The van der Waals surface area contributed by atoms with Crippen LogP contribution < -0.4 is 5.14 Å². The van der Waals surface area contributed by atoms with Gasteiger partial charge in [0.1, 0.15) is 6.10 Å². The van der Waals surface area contributed by atoms with Crippen LogP contribution in [0.2, 0.25) is 5.02 Å². The molecule has 4 nitrogen and oxygen atoms in total.